The molecule has 0 aliphatic carbocycles. The van der Waals surface area contributed by atoms with Crippen LogP contribution in [0, 0.1) is 0 Å². The summed E-state index contributed by atoms with van der Waals surface area (Å²) < 4.78 is 19.9. The summed E-state index contributed by atoms with van der Waals surface area (Å²) in [5, 5.41) is 95.7. The van der Waals surface area contributed by atoms with E-state index in [0.29, 0.717) is 56.0 Å². The van der Waals surface area contributed by atoms with E-state index in [4.69, 9.17) is 14.2 Å². The van der Waals surface area contributed by atoms with Gasteiger partial charge in [-0.3, -0.25) is 0 Å². The van der Waals surface area contributed by atoms with Gasteiger partial charge in [-0.05, 0) is 129 Å². The number of aromatic hydroxyl groups is 9. The number of ether oxygens (including phenoxy) is 3. The lowest BCUT2D eigenvalue weighted by molar-refractivity contribution is 0.215. The van der Waals surface area contributed by atoms with Crippen LogP contribution >= 0.6 is 0 Å². The highest BCUT2D eigenvalue weighted by atomic mass is 16.5. The minimum Gasteiger partial charge on any atom is -0.508 e. The third kappa shape index (κ3) is 7.47. The highest BCUT2D eigenvalue weighted by molar-refractivity contribution is 5.74. The summed E-state index contributed by atoms with van der Waals surface area (Å²) in [6.45, 7) is 0. The van der Waals surface area contributed by atoms with Crippen molar-refractivity contribution in [3.63, 3.8) is 0 Å². The third-order valence-corrected chi connectivity index (χ3v) is 13.0. The van der Waals surface area contributed by atoms with Crippen LogP contribution in [0.3, 0.4) is 0 Å². The van der Waals surface area contributed by atoms with Crippen LogP contribution < -0.4 is 14.2 Å². The first-order chi connectivity index (χ1) is 32.8. The fourth-order valence-electron chi connectivity index (χ4n) is 10.1. The van der Waals surface area contributed by atoms with Crippen LogP contribution in [-0.2, 0) is 0 Å². The van der Waals surface area contributed by atoms with Gasteiger partial charge in [0.05, 0.1) is 17.8 Å². The standard InChI is InChI=1S/C56H42O12/c57-35-10-4-30(5-11-35)53-49(33-20-38(60)24-39(61)21-33)45-17-29(18-46(65)56(45)68-53)2-1-28-3-16-43-47(19-28)66-55(32-8-14-37(59)15-9-32)51(43)44-26-42(64)27-48-52(44)50(34-22-40(62)25-41(63)23-34)54(67-48)31-6-12-36(58)13-7-31/h1-27,49-51,53-55,57-65H. The molecule has 6 unspecified atom stereocenters. The van der Waals surface area contributed by atoms with Gasteiger partial charge in [0.1, 0.15) is 75.8 Å². The first-order valence-electron chi connectivity index (χ1n) is 21.8. The van der Waals surface area contributed by atoms with E-state index in [1.54, 1.807) is 115 Å². The average Bonchev–Trinajstić information content (AvgIpc) is 4.00. The molecule has 68 heavy (non-hydrogen) atoms. The van der Waals surface area contributed by atoms with Crippen molar-refractivity contribution in [3.8, 4) is 69.0 Å². The summed E-state index contributed by atoms with van der Waals surface area (Å²) in [5.41, 5.74) is 7.45. The Bertz CT molecular complexity index is 3250. The highest BCUT2D eigenvalue weighted by Crippen LogP contribution is 2.59. The monoisotopic (exact) mass is 906 g/mol. The minimum atomic E-state index is -0.694. The Kier molecular flexibility index (Phi) is 9.96. The molecule has 3 aliphatic rings. The molecule has 9 N–H and O–H groups in total. The largest absolute Gasteiger partial charge is 0.508 e. The van der Waals surface area contributed by atoms with Gasteiger partial charge in [-0.15, -0.1) is 0 Å². The van der Waals surface area contributed by atoms with Crippen LogP contribution in [0.4, 0.5) is 0 Å². The van der Waals surface area contributed by atoms with E-state index >= 15 is 0 Å². The molecule has 12 heteroatoms. The Balaban J connectivity index is 0.994. The van der Waals surface area contributed by atoms with E-state index in [0.717, 1.165) is 16.7 Å². The maximum atomic E-state index is 11.4. The number of phenolic OH excluding ortho intramolecular Hbond substituents is 9. The van der Waals surface area contributed by atoms with Crippen LogP contribution in [0.25, 0.3) is 12.2 Å². The normalized spacial score (nSPS) is 20.0. The Morgan fingerprint density at radius 3 is 1.34 bits per heavy atom. The Morgan fingerprint density at radius 1 is 0.309 bits per heavy atom. The van der Waals surface area contributed by atoms with Crippen molar-refractivity contribution >= 4 is 12.2 Å². The molecular formula is C56H42O12. The maximum absolute atomic E-state index is 11.4. The summed E-state index contributed by atoms with van der Waals surface area (Å²) >= 11 is 0. The lowest BCUT2D eigenvalue weighted by atomic mass is 9.76. The van der Waals surface area contributed by atoms with Crippen molar-refractivity contribution in [1.82, 2.24) is 0 Å². The van der Waals surface area contributed by atoms with Gasteiger partial charge in [-0.25, -0.2) is 0 Å². The molecule has 8 aromatic rings. The molecule has 12 nitrogen and oxygen atoms in total. The molecular weight excluding hydrogens is 865 g/mol. The molecule has 0 aromatic heterocycles. The molecule has 0 fully saturated rings. The zero-order valence-corrected chi connectivity index (χ0v) is 35.8. The maximum Gasteiger partial charge on any atom is 0.165 e. The summed E-state index contributed by atoms with van der Waals surface area (Å²) in [4.78, 5) is 0. The van der Waals surface area contributed by atoms with E-state index in [1.165, 1.54) is 12.1 Å². The number of fused-ring (bicyclic) bond motifs is 3. The average molecular weight is 907 g/mol. The van der Waals surface area contributed by atoms with Gasteiger partial charge in [-0.1, -0.05) is 60.7 Å². The quantitative estimate of drug-likeness (QED) is 0.0652. The number of rotatable bonds is 8. The van der Waals surface area contributed by atoms with Crippen molar-refractivity contribution in [2.24, 2.45) is 0 Å². The summed E-state index contributed by atoms with van der Waals surface area (Å²) in [6.07, 6.45) is 1.70. The predicted octanol–water partition coefficient (Wildman–Crippen LogP) is 11.0. The Morgan fingerprint density at radius 2 is 0.779 bits per heavy atom. The number of hydrogen-bond acceptors (Lipinski definition) is 12. The molecule has 11 rings (SSSR count). The van der Waals surface area contributed by atoms with Crippen molar-refractivity contribution < 1.29 is 60.2 Å². The zero-order chi connectivity index (χ0) is 47.0. The Labute approximate surface area is 389 Å². The van der Waals surface area contributed by atoms with E-state index in [2.05, 4.69) is 0 Å². The first kappa shape index (κ1) is 41.8. The molecule has 3 heterocycles. The topological polar surface area (TPSA) is 210 Å². The van der Waals surface area contributed by atoms with Crippen LogP contribution in [0.15, 0.2) is 152 Å². The van der Waals surface area contributed by atoms with Crippen molar-refractivity contribution in [2.45, 2.75) is 36.1 Å². The molecule has 3 aliphatic heterocycles. The fraction of sp³-hybridized carbons (Fsp3) is 0.107. The lowest BCUT2D eigenvalue weighted by Crippen LogP contribution is -2.16. The van der Waals surface area contributed by atoms with Crippen molar-refractivity contribution in [2.75, 3.05) is 0 Å². The molecule has 0 saturated carbocycles. The number of benzene rings is 8. The summed E-state index contributed by atoms with van der Waals surface area (Å²) in [5.74, 6) is -1.02. The van der Waals surface area contributed by atoms with Gasteiger partial charge in [-0.2, -0.15) is 0 Å². The fourth-order valence-corrected chi connectivity index (χ4v) is 10.1. The van der Waals surface area contributed by atoms with Crippen LogP contribution in [-0.4, -0.2) is 46.0 Å². The molecule has 8 aromatic carbocycles. The SMILES string of the molecule is Oc1ccc(C2Oc3c(O)cc(C=Cc4ccc5c(c4)OC(c4ccc(O)cc4)C5c4cc(O)cc5c4C(c4cc(O)cc(O)c4)C(c4ccc(O)cc4)O5)cc3C2c2cc(O)cc(O)c2)cc1. The van der Waals surface area contributed by atoms with E-state index in [1.807, 2.05) is 36.4 Å². The van der Waals surface area contributed by atoms with Gasteiger partial charge in [0.2, 0.25) is 0 Å². The summed E-state index contributed by atoms with van der Waals surface area (Å²) in [6, 6.07) is 41.1. The minimum absolute atomic E-state index is 0.0550. The molecule has 0 spiro atoms. The van der Waals surface area contributed by atoms with E-state index < -0.39 is 36.1 Å². The van der Waals surface area contributed by atoms with Crippen molar-refractivity contribution in [3.05, 3.63) is 213 Å². The van der Waals surface area contributed by atoms with Crippen LogP contribution in [0.5, 0.6) is 69.0 Å². The molecule has 338 valence electrons. The zero-order valence-electron chi connectivity index (χ0n) is 35.8. The second-order valence-corrected chi connectivity index (χ2v) is 17.4. The number of hydrogen-bond donors (Lipinski definition) is 9. The second-order valence-electron chi connectivity index (χ2n) is 17.4. The van der Waals surface area contributed by atoms with Gasteiger partial charge in [0.15, 0.2) is 11.5 Å². The van der Waals surface area contributed by atoms with Gasteiger partial charge >= 0.3 is 0 Å². The summed E-state index contributed by atoms with van der Waals surface area (Å²) in [7, 11) is 0. The van der Waals surface area contributed by atoms with Crippen LogP contribution in [0.1, 0.15) is 97.3 Å². The third-order valence-electron chi connectivity index (χ3n) is 13.0. The number of phenols is 9. The van der Waals surface area contributed by atoms with Gasteiger partial charge in [0.25, 0.3) is 0 Å². The van der Waals surface area contributed by atoms with Gasteiger partial charge < -0.3 is 60.2 Å². The van der Waals surface area contributed by atoms with Crippen LogP contribution in [0.2, 0.25) is 0 Å². The van der Waals surface area contributed by atoms with E-state index in [-0.39, 0.29) is 57.5 Å². The molecule has 0 amide bonds. The highest BCUT2D eigenvalue weighted by Gasteiger charge is 2.45. The molecule has 0 saturated heterocycles. The predicted molar refractivity (Wildman–Crippen MR) is 251 cm³/mol. The first-order valence-corrected chi connectivity index (χ1v) is 21.8. The molecule has 0 bridgehead atoms. The molecule has 6 atom stereocenters. The smallest absolute Gasteiger partial charge is 0.165 e. The van der Waals surface area contributed by atoms with E-state index in [9.17, 15) is 46.0 Å². The van der Waals surface area contributed by atoms with Crippen molar-refractivity contribution in [1.29, 1.82) is 0 Å². The van der Waals surface area contributed by atoms with Gasteiger partial charge in [0, 0.05) is 34.9 Å². The second kappa shape index (κ2) is 16.2. The Hall–Kier alpha value is -8.90. The molecule has 0 radical (unpaired) electrons. The lowest BCUT2D eigenvalue weighted by Gasteiger charge is -2.25.